The number of rotatable bonds is 4. The minimum absolute atomic E-state index is 0.125. The fourth-order valence-corrected chi connectivity index (χ4v) is 1.98. The Kier molecular flexibility index (Phi) is 7.15. The smallest absolute Gasteiger partial charge is 0.272 e. The van der Waals surface area contributed by atoms with Crippen molar-refractivity contribution in [2.24, 2.45) is 0 Å². The van der Waals surface area contributed by atoms with Gasteiger partial charge in [-0.05, 0) is 12.5 Å². The molecule has 0 bridgehead atoms. The third-order valence-corrected chi connectivity index (χ3v) is 3.15. The number of aryl methyl sites for hydroxylation is 1. The van der Waals surface area contributed by atoms with E-state index >= 15 is 0 Å². The summed E-state index contributed by atoms with van der Waals surface area (Å²) in [6.45, 7) is 6.59. The zero-order valence-corrected chi connectivity index (χ0v) is 13.3. The van der Waals surface area contributed by atoms with Crippen LogP contribution in [-0.4, -0.2) is 9.78 Å². The first-order valence-corrected chi connectivity index (χ1v) is 7.64. The number of alkyl halides is 3. The zero-order valence-electron chi connectivity index (χ0n) is 13.3. The van der Waals surface area contributed by atoms with Crippen LogP contribution >= 0.6 is 0 Å². The topological polar surface area (TPSA) is 17.8 Å². The van der Waals surface area contributed by atoms with Gasteiger partial charge in [0.05, 0.1) is 0 Å². The fraction of sp³-hybridized carbons (Fsp3) is 0.471. The molecule has 0 aliphatic heterocycles. The maximum atomic E-state index is 12.8. The molecule has 122 valence electrons. The Labute approximate surface area is 130 Å². The highest BCUT2D eigenvalue weighted by molar-refractivity contribution is 5.65. The van der Waals surface area contributed by atoms with E-state index in [1.165, 1.54) is 30.1 Å². The Morgan fingerprint density at radius 2 is 1.59 bits per heavy atom. The molecule has 0 atom stereocenters. The van der Waals surface area contributed by atoms with E-state index < -0.39 is 11.9 Å². The van der Waals surface area contributed by atoms with E-state index in [2.05, 4.69) is 18.9 Å². The molecule has 0 amide bonds. The average molecular weight is 312 g/mol. The molecule has 1 heterocycles. The summed E-state index contributed by atoms with van der Waals surface area (Å²) < 4.78 is 39.7. The molecule has 2 aromatic rings. The number of hydrogen-bond acceptors (Lipinski definition) is 1. The molecule has 0 saturated heterocycles. The predicted octanol–water partition coefficient (Wildman–Crippen LogP) is 5.79. The largest absolute Gasteiger partial charge is 0.435 e. The third kappa shape index (κ3) is 5.20. The molecule has 2 nitrogen and oxygen atoms in total. The van der Waals surface area contributed by atoms with Crippen molar-refractivity contribution in [2.75, 3.05) is 0 Å². The lowest BCUT2D eigenvalue weighted by atomic mass is 10.1. The summed E-state index contributed by atoms with van der Waals surface area (Å²) in [4.78, 5) is 0. The molecular weight excluding hydrogens is 289 g/mol. The van der Waals surface area contributed by atoms with Crippen LogP contribution < -0.4 is 0 Å². The monoisotopic (exact) mass is 312 g/mol. The van der Waals surface area contributed by atoms with Crippen LogP contribution in [0.5, 0.6) is 0 Å². The molecule has 5 heteroatoms. The molecule has 0 aliphatic rings. The summed E-state index contributed by atoms with van der Waals surface area (Å²) in [6.07, 6.45) is 1.08. The Bertz CT molecular complexity index is 543. The van der Waals surface area contributed by atoms with E-state index in [0.717, 1.165) is 0 Å². The van der Waals surface area contributed by atoms with Crippen LogP contribution in [-0.2, 0) is 12.7 Å². The van der Waals surface area contributed by atoms with Crippen molar-refractivity contribution in [3.05, 3.63) is 42.2 Å². The van der Waals surface area contributed by atoms with E-state index in [9.17, 15) is 13.2 Å². The third-order valence-electron chi connectivity index (χ3n) is 3.15. The Hall–Kier alpha value is -1.78. The van der Waals surface area contributed by atoms with Gasteiger partial charge in [-0.2, -0.15) is 18.3 Å². The number of halogens is 3. The van der Waals surface area contributed by atoms with Gasteiger partial charge in [-0.15, -0.1) is 0 Å². The highest BCUT2D eigenvalue weighted by Crippen LogP contribution is 2.35. The lowest BCUT2D eigenvalue weighted by Gasteiger charge is -2.05. The van der Waals surface area contributed by atoms with Crippen LogP contribution in [0.15, 0.2) is 36.5 Å². The van der Waals surface area contributed by atoms with E-state index in [4.69, 9.17) is 0 Å². The van der Waals surface area contributed by atoms with Crippen molar-refractivity contribution < 1.29 is 13.2 Å². The Morgan fingerprint density at radius 3 is 2.00 bits per heavy atom. The van der Waals surface area contributed by atoms with Crippen molar-refractivity contribution in [2.45, 2.75) is 52.8 Å². The quantitative estimate of drug-likeness (QED) is 0.699. The Balaban J connectivity index is 0.000000422. The van der Waals surface area contributed by atoms with Crippen LogP contribution in [0.4, 0.5) is 13.2 Å². The molecular formula is C17H23F3N2. The summed E-state index contributed by atoms with van der Waals surface area (Å²) >= 11 is 0. The minimum atomic E-state index is -4.43. The molecule has 0 N–H and O–H groups in total. The van der Waals surface area contributed by atoms with Gasteiger partial charge in [-0.3, -0.25) is 4.68 Å². The second kappa shape index (κ2) is 8.61. The van der Waals surface area contributed by atoms with E-state index in [0.29, 0.717) is 12.1 Å². The van der Waals surface area contributed by atoms with Crippen molar-refractivity contribution in [1.29, 1.82) is 0 Å². The van der Waals surface area contributed by atoms with Crippen LogP contribution in [0.2, 0.25) is 0 Å². The second-order valence-corrected chi connectivity index (χ2v) is 4.96. The van der Waals surface area contributed by atoms with Crippen molar-refractivity contribution >= 4 is 0 Å². The van der Waals surface area contributed by atoms with Crippen molar-refractivity contribution in [3.8, 4) is 11.1 Å². The summed E-state index contributed by atoms with van der Waals surface area (Å²) in [5, 5.41) is 3.57. The summed E-state index contributed by atoms with van der Waals surface area (Å²) in [5.41, 5.74) is -0.176. The average Bonchev–Trinajstić information content (AvgIpc) is 2.94. The van der Waals surface area contributed by atoms with Crippen molar-refractivity contribution in [3.63, 3.8) is 0 Å². The predicted molar refractivity (Wildman–Crippen MR) is 83.5 cm³/mol. The van der Waals surface area contributed by atoms with Crippen LogP contribution in [0.3, 0.4) is 0 Å². The number of unbranched alkanes of at least 4 members (excludes halogenated alkanes) is 2. The molecule has 1 aromatic heterocycles. The number of aromatic nitrogens is 2. The molecule has 22 heavy (non-hydrogen) atoms. The summed E-state index contributed by atoms with van der Waals surface area (Å²) in [7, 11) is 0. The number of benzene rings is 1. The van der Waals surface area contributed by atoms with Gasteiger partial charge in [0, 0.05) is 18.3 Å². The summed E-state index contributed by atoms with van der Waals surface area (Å²) in [6, 6.07) is 8.47. The second-order valence-electron chi connectivity index (χ2n) is 4.96. The first-order chi connectivity index (χ1) is 10.4. The van der Waals surface area contributed by atoms with E-state index in [1.807, 2.05) is 0 Å². The zero-order chi connectivity index (χ0) is 16.6. The van der Waals surface area contributed by atoms with Gasteiger partial charge in [0.15, 0.2) is 5.69 Å². The van der Waals surface area contributed by atoms with E-state index in [1.54, 1.807) is 37.3 Å². The first-order valence-electron chi connectivity index (χ1n) is 7.64. The maximum absolute atomic E-state index is 12.8. The highest BCUT2D eigenvalue weighted by atomic mass is 19.4. The van der Waals surface area contributed by atoms with Crippen molar-refractivity contribution in [1.82, 2.24) is 9.78 Å². The molecule has 0 fully saturated rings. The van der Waals surface area contributed by atoms with Gasteiger partial charge in [0.2, 0.25) is 0 Å². The van der Waals surface area contributed by atoms with Crippen LogP contribution in [0.25, 0.3) is 11.1 Å². The Morgan fingerprint density at radius 1 is 1.00 bits per heavy atom. The van der Waals surface area contributed by atoms with Gasteiger partial charge in [-0.25, -0.2) is 0 Å². The van der Waals surface area contributed by atoms with Crippen LogP contribution in [0.1, 0.15) is 45.7 Å². The van der Waals surface area contributed by atoms with Gasteiger partial charge in [-0.1, -0.05) is 63.4 Å². The van der Waals surface area contributed by atoms with Crippen LogP contribution in [0, 0.1) is 0 Å². The minimum Gasteiger partial charge on any atom is -0.272 e. The molecule has 0 spiro atoms. The first kappa shape index (κ1) is 18.3. The normalized spacial score (nSPS) is 11.0. The molecule has 0 radical (unpaired) electrons. The number of hydrogen-bond donors (Lipinski definition) is 0. The SMILES string of the molecule is CCCCC.CCn1cc(-c2ccccc2)c(C(F)(F)F)n1. The lowest BCUT2D eigenvalue weighted by molar-refractivity contribution is -0.141. The van der Waals surface area contributed by atoms with Gasteiger partial charge >= 0.3 is 6.18 Å². The summed E-state index contributed by atoms with van der Waals surface area (Å²) in [5.74, 6) is 0. The van der Waals surface area contributed by atoms with E-state index in [-0.39, 0.29) is 5.56 Å². The van der Waals surface area contributed by atoms with Gasteiger partial charge < -0.3 is 0 Å². The number of nitrogens with zero attached hydrogens (tertiary/aromatic N) is 2. The molecule has 0 saturated carbocycles. The molecule has 1 aromatic carbocycles. The molecule has 0 aliphatic carbocycles. The lowest BCUT2D eigenvalue weighted by Crippen LogP contribution is -2.08. The standard InChI is InChI=1S/C12H11F3N2.C5H12/c1-2-17-8-10(9-6-4-3-5-7-9)11(16-17)12(13,14)15;1-3-5-4-2/h3-8H,2H2,1H3;3-5H2,1-2H3. The molecule has 0 unspecified atom stereocenters. The fourth-order valence-electron chi connectivity index (χ4n) is 1.98. The maximum Gasteiger partial charge on any atom is 0.435 e. The molecule has 2 rings (SSSR count). The van der Waals surface area contributed by atoms with Gasteiger partial charge in [0.25, 0.3) is 0 Å². The highest BCUT2D eigenvalue weighted by Gasteiger charge is 2.37. The van der Waals surface area contributed by atoms with Gasteiger partial charge in [0.1, 0.15) is 0 Å².